The number of hydrogen-bond donors (Lipinski definition) is 2. The number of benzene rings is 1. The first-order chi connectivity index (χ1) is 14.1. The lowest BCUT2D eigenvalue weighted by molar-refractivity contribution is -0.116. The van der Waals surface area contributed by atoms with E-state index in [4.69, 9.17) is 4.42 Å². The lowest BCUT2D eigenvalue weighted by Crippen LogP contribution is -2.11. The van der Waals surface area contributed by atoms with Gasteiger partial charge in [0.15, 0.2) is 5.13 Å². The number of rotatable bonds is 8. The van der Waals surface area contributed by atoms with Gasteiger partial charge in [0.05, 0.1) is 22.4 Å². The molecule has 0 atom stereocenters. The van der Waals surface area contributed by atoms with Crippen LogP contribution in [0.15, 0.2) is 51.5 Å². The Morgan fingerprint density at radius 2 is 2.14 bits per heavy atom. The number of fused-ring (bicyclic) bond motifs is 1. The zero-order valence-corrected chi connectivity index (χ0v) is 17.9. The first kappa shape index (κ1) is 19.7. The number of thiazole rings is 1. The number of aryl methyl sites for hydroxylation is 1. The van der Waals surface area contributed by atoms with E-state index in [0.29, 0.717) is 35.5 Å². The van der Waals surface area contributed by atoms with E-state index in [-0.39, 0.29) is 5.91 Å². The minimum absolute atomic E-state index is 0.0320. The summed E-state index contributed by atoms with van der Waals surface area (Å²) in [6, 6.07) is 8.12. The van der Waals surface area contributed by atoms with Crippen LogP contribution in [0.1, 0.15) is 43.4 Å². The number of amides is 1. The molecule has 2 N–H and O–H groups in total. The third-order valence-corrected chi connectivity index (χ3v) is 6.60. The van der Waals surface area contributed by atoms with Gasteiger partial charge in [0.25, 0.3) is 0 Å². The highest BCUT2D eigenvalue weighted by atomic mass is 32.2. The molecule has 0 aliphatic heterocycles. The predicted molar refractivity (Wildman–Crippen MR) is 118 cm³/mol. The summed E-state index contributed by atoms with van der Waals surface area (Å²) < 4.78 is 6.73. The van der Waals surface area contributed by atoms with Crippen molar-refractivity contribution in [3.8, 4) is 0 Å². The monoisotopic (exact) mass is 426 g/mol. The Morgan fingerprint density at radius 1 is 1.28 bits per heavy atom. The number of hydrogen-bond acceptors (Lipinski definition) is 6. The number of para-hydroxylation sites is 1. The highest BCUT2D eigenvalue weighted by Crippen LogP contribution is 2.31. The van der Waals surface area contributed by atoms with Crippen LogP contribution in [0.4, 0.5) is 5.13 Å². The van der Waals surface area contributed by atoms with Crippen molar-refractivity contribution in [2.24, 2.45) is 0 Å². The molecule has 0 aliphatic rings. The summed E-state index contributed by atoms with van der Waals surface area (Å²) in [5.74, 6) is 2.54. The van der Waals surface area contributed by atoms with Crippen molar-refractivity contribution in [2.45, 2.75) is 42.6 Å². The van der Waals surface area contributed by atoms with Crippen LogP contribution in [0, 0.1) is 0 Å². The molecule has 6 nitrogen and oxygen atoms in total. The summed E-state index contributed by atoms with van der Waals surface area (Å²) in [6.45, 7) is 4.15. The van der Waals surface area contributed by atoms with Gasteiger partial charge in [-0.3, -0.25) is 4.79 Å². The van der Waals surface area contributed by atoms with Crippen LogP contribution in [0.3, 0.4) is 0 Å². The van der Waals surface area contributed by atoms with E-state index < -0.39 is 0 Å². The maximum absolute atomic E-state index is 12.3. The Kier molecular flexibility index (Phi) is 6.01. The second kappa shape index (κ2) is 8.84. The van der Waals surface area contributed by atoms with E-state index in [9.17, 15) is 4.79 Å². The smallest absolute Gasteiger partial charge is 0.226 e. The summed E-state index contributed by atoms with van der Waals surface area (Å²) in [5, 5.41) is 4.68. The Bertz CT molecular complexity index is 1110. The van der Waals surface area contributed by atoms with E-state index in [0.717, 1.165) is 21.0 Å². The van der Waals surface area contributed by atoms with Crippen molar-refractivity contribution >= 4 is 45.0 Å². The third kappa shape index (κ3) is 4.89. The Hall–Kier alpha value is -2.58. The molecule has 0 radical (unpaired) electrons. The van der Waals surface area contributed by atoms with Gasteiger partial charge in [-0.25, -0.2) is 9.97 Å². The molecule has 0 unspecified atom stereocenters. The van der Waals surface area contributed by atoms with Crippen LogP contribution in [0.25, 0.3) is 10.9 Å². The normalized spacial score (nSPS) is 11.4. The summed E-state index contributed by atoms with van der Waals surface area (Å²) in [6.07, 6.45) is 6.64. The lowest BCUT2D eigenvalue weighted by atomic mass is 10.1. The number of carbonyl (C=O) groups is 1. The quantitative estimate of drug-likeness (QED) is 0.358. The number of thioether (sulfide) groups is 1. The topological polar surface area (TPSA) is 83.8 Å². The van der Waals surface area contributed by atoms with Crippen LogP contribution in [0.2, 0.25) is 0 Å². The number of aromatic nitrogens is 3. The minimum Gasteiger partial charge on any atom is -0.445 e. The average Bonchev–Trinajstić information content (AvgIpc) is 3.44. The van der Waals surface area contributed by atoms with Crippen LogP contribution < -0.4 is 5.32 Å². The van der Waals surface area contributed by atoms with Crippen molar-refractivity contribution in [1.82, 2.24) is 15.0 Å². The van der Waals surface area contributed by atoms with Gasteiger partial charge in [-0.15, -0.1) is 11.8 Å². The van der Waals surface area contributed by atoms with E-state index in [1.165, 1.54) is 16.7 Å². The molecule has 0 fully saturated rings. The molecule has 0 spiro atoms. The number of H-pyrrole nitrogens is 1. The number of aromatic amines is 1. The molecule has 4 rings (SSSR count). The molecule has 3 aromatic heterocycles. The van der Waals surface area contributed by atoms with Gasteiger partial charge in [0, 0.05) is 29.4 Å². The average molecular weight is 427 g/mol. The standard InChI is InChI=1S/C21H22N4O2S2/c1-13(2)17-10-23-19(27-17)12-28-20-11-24-21(29-20)25-18(26)8-7-14-9-22-16-6-4-3-5-15(14)16/h3-6,9-11,13,22H,7-8,12H2,1-2H3,(H,24,25,26). The van der Waals surface area contributed by atoms with Gasteiger partial charge < -0.3 is 14.7 Å². The van der Waals surface area contributed by atoms with Gasteiger partial charge in [-0.1, -0.05) is 43.4 Å². The number of nitrogens with zero attached hydrogens (tertiary/aromatic N) is 2. The van der Waals surface area contributed by atoms with Gasteiger partial charge in [-0.2, -0.15) is 0 Å². The van der Waals surface area contributed by atoms with Crippen LogP contribution in [0.5, 0.6) is 0 Å². The first-order valence-corrected chi connectivity index (χ1v) is 11.3. The number of oxazole rings is 1. The van der Waals surface area contributed by atoms with Crippen molar-refractivity contribution < 1.29 is 9.21 Å². The first-order valence-electron chi connectivity index (χ1n) is 9.46. The van der Waals surface area contributed by atoms with Crippen LogP contribution in [-0.2, 0) is 17.0 Å². The van der Waals surface area contributed by atoms with Gasteiger partial charge in [-0.05, 0) is 18.1 Å². The molecule has 150 valence electrons. The zero-order valence-electron chi connectivity index (χ0n) is 16.3. The highest BCUT2D eigenvalue weighted by Gasteiger charge is 2.11. The third-order valence-electron chi connectivity index (χ3n) is 4.51. The molecule has 0 bridgehead atoms. The van der Waals surface area contributed by atoms with E-state index in [1.54, 1.807) is 24.2 Å². The second-order valence-corrected chi connectivity index (χ2v) is 9.30. The van der Waals surface area contributed by atoms with E-state index in [1.807, 2.05) is 24.4 Å². The summed E-state index contributed by atoms with van der Waals surface area (Å²) in [7, 11) is 0. The van der Waals surface area contributed by atoms with Gasteiger partial charge in [0.2, 0.25) is 11.8 Å². The van der Waals surface area contributed by atoms with Crippen molar-refractivity contribution in [2.75, 3.05) is 5.32 Å². The highest BCUT2D eigenvalue weighted by molar-refractivity contribution is 8.00. The lowest BCUT2D eigenvalue weighted by Gasteiger charge is -2.01. The molecular formula is C21H22N4O2S2. The molecule has 0 aliphatic carbocycles. The number of carbonyl (C=O) groups excluding carboxylic acids is 1. The molecular weight excluding hydrogens is 404 g/mol. The fraction of sp³-hybridized carbons (Fsp3) is 0.286. The van der Waals surface area contributed by atoms with E-state index >= 15 is 0 Å². The van der Waals surface area contributed by atoms with Crippen LogP contribution >= 0.6 is 23.1 Å². The molecule has 1 amide bonds. The molecule has 4 aromatic rings. The molecule has 1 aromatic carbocycles. The van der Waals surface area contributed by atoms with Crippen molar-refractivity contribution in [3.05, 3.63) is 60.1 Å². The Morgan fingerprint density at radius 3 is 2.97 bits per heavy atom. The molecule has 8 heteroatoms. The summed E-state index contributed by atoms with van der Waals surface area (Å²) >= 11 is 3.07. The van der Waals surface area contributed by atoms with Crippen LogP contribution in [-0.4, -0.2) is 20.9 Å². The zero-order chi connectivity index (χ0) is 20.2. The molecule has 0 saturated carbocycles. The minimum atomic E-state index is -0.0320. The largest absolute Gasteiger partial charge is 0.445 e. The SMILES string of the molecule is CC(C)c1cnc(CSc2cnc(NC(=O)CCc3c[nH]c4ccccc34)s2)o1. The number of anilines is 1. The molecule has 29 heavy (non-hydrogen) atoms. The fourth-order valence-corrected chi connectivity index (χ4v) is 4.69. The molecule has 3 heterocycles. The second-order valence-electron chi connectivity index (χ2n) is 6.99. The summed E-state index contributed by atoms with van der Waals surface area (Å²) in [4.78, 5) is 24.2. The number of nitrogens with one attached hydrogen (secondary N) is 2. The molecule has 0 saturated heterocycles. The van der Waals surface area contributed by atoms with Gasteiger partial charge >= 0.3 is 0 Å². The Balaban J connectivity index is 1.27. The summed E-state index contributed by atoms with van der Waals surface area (Å²) in [5.41, 5.74) is 2.24. The Labute approximate surface area is 177 Å². The van der Waals surface area contributed by atoms with Gasteiger partial charge in [0.1, 0.15) is 5.76 Å². The maximum atomic E-state index is 12.3. The van der Waals surface area contributed by atoms with E-state index in [2.05, 4.69) is 40.2 Å². The van der Waals surface area contributed by atoms with Crippen molar-refractivity contribution in [3.63, 3.8) is 0 Å². The fourth-order valence-electron chi connectivity index (χ4n) is 2.94. The predicted octanol–water partition coefficient (Wildman–Crippen LogP) is 5.60. The maximum Gasteiger partial charge on any atom is 0.226 e. The van der Waals surface area contributed by atoms with Crippen molar-refractivity contribution in [1.29, 1.82) is 0 Å².